The molecule has 6 heteroatoms. The Kier molecular flexibility index (Phi) is 64.8. The third-order valence-corrected chi connectivity index (χ3v) is 14.5. The van der Waals surface area contributed by atoms with Crippen LogP contribution in [0.15, 0.2) is 122 Å². The highest BCUT2D eigenvalue weighted by atomic mass is 16.6. The fraction of sp³-hybridized carbons (Fsp3) is 0.693. The van der Waals surface area contributed by atoms with Gasteiger partial charge in [-0.3, -0.25) is 14.4 Å². The molecule has 0 saturated heterocycles. The van der Waals surface area contributed by atoms with Crippen molar-refractivity contribution in [3.63, 3.8) is 0 Å². The molecule has 0 bridgehead atoms. The van der Waals surface area contributed by atoms with E-state index in [-0.39, 0.29) is 37.5 Å². The monoisotopic (exact) mass is 1120 g/mol. The van der Waals surface area contributed by atoms with Crippen LogP contribution in [0.25, 0.3) is 0 Å². The van der Waals surface area contributed by atoms with Crippen LogP contribution in [0.4, 0.5) is 0 Å². The molecular formula is C75H126O6. The van der Waals surface area contributed by atoms with Gasteiger partial charge in [-0.2, -0.15) is 0 Å². The van der Waals surface area contributed by atoms with Gasteiger partial charge in [0, 0.05) is 19.3 Å². The maximum atomic E-state index is 12.8. The number of carbonyl (C=O) groups is 3. The predicted molar refractivity (Wildman–Crippen MR) is 353 cm³/mol. The van der Waals surface area contributed by atoms with E-state index >= 15 is 0 Å². The molecule has 0 rings (SSSR count). The van der Waals surface area contributed by atoms with Crippen molar-refractivity contribution in [3.8, 4) is 0 Å². The first kappa shape index (κ1) is 76.8. The van der Waals surface area contributed by atoms with Crippen LogP contribution < -0.4 is 0 Å². The average molecular weight is 1120 g/mol. The summed E-state index contributed by atoms with van der Waals surface area (Å²) >= 11 is 0. The topological polar surface area (TPSA) is 78.9 Å². The minimum absolute atomic E-state index is 0.0970. The van der Waals surface area contributed by atoms with Crippen LogP contribution in [0.1, 0.15) is 316 Å². The molecule has 0 amide bonds. The quantitative estimate of drug-likeness (QED) is 0.0261. The molecular weight excluding hydrogens is 997 g/mol. The van der Waals surface area contributed by atoms with Crippen molar-refractivity contribution in [2.45, 2.75) is 322 Å². The first-order chi connectivity index (χ1) is 40.0. The lowest BCUT2D eigenvalue weighted by Crippen LogP contribution is -2.30. The van der Waals surface area contributed by atoms with Gasteiger partial charge in [0.2, 0.25) is 0 Å². The number of hydrogen-bond acceptors (Lipinski definition) is 6. The molecule has 0 fully saturated rings. The number of hydrogen-bond donors (Lipinski definition) is 0. The van der Waals surface area contributed by atoms with Crippen LogP contribution in [0.2, 0.25) is 0 Å². The molecule has 0 aromatic heterocycles. The Bertz CT molecular complexity index is 1670. The Hall–Kier alpha value is -4.19. The summed E-state index contributed by atoms with van der Waals surface area (Å²) in [4.78, 5) is 38.0. The number of ether oxygens (including phenoxy) is 3. The average Bonchev–Trinajstić information content (AvgIpc) is 3.47. The molecule has 81 heavy (non-hydrogen) atoms. The summed E-state index contributed by atoms with van der Waals surface area (Å²) < 4.78 is 16.7. The van der Waals surface area contributed by atoms with Crippen LogP contribution in [0, 0.1) is 0 Å². The van der Waals surface area contributed by atoms with E-state index in [1.807, 2.05) is 0 Å². The Labute approximate surface area is 501 Å². The van der Waals surface area contributed by atoms with E-state index in [1.165, 1.54) is 154 Å². The summed E-state index contributed by atoms with van der Waals surface area (Å²) in [5, 5.41) is 0. The zero-order valence-corrected chi connectivity index (χ0v) is 53.0. The molecule has 0 aromatic rings. The molecule has 1 atom stereocenters. The van der Waals surface area contributed by atoms with Gasteiger partial charge in [0.1, 0.15) is 13.2 Å². The van der Waals surface area contributed by atoms with Gasteiger partial charge in [0.25, 0.3) is 0 Å². The minimum Gasteiger partial charge on any atom is -0.462 e. The number of unbranched alkanes of at least 4 members (excludes halogenated alkanes) is 30. The van der Waals surface area contributed by atoms with Crippen LogP contribution in [0.5, 0.6) is 0 Å². The molecule has 0 spiro atoms. The molecule has 0 N–H and O–H groups in total. The largest absolute Gasteiger partial charge is 0.462 e. The Morgan fingerprint density at radius 2 is 0.494 bits per heavy atom. The molecule has 0 saturated carbocycles. The van der Waals surface area contributed by atoms with E-state index < -0.39 is 6.10 Å². The predicted octanol–water partition coefficient (Wildman–Crippen LogP) is 23.6. The van der Waals surface area contributed by atoms with Crippen LogP contribution in [0.3, 0.4) is 0 Å². The molecule has 0 aromatic carbocycles. The van der Waals surface area contributed by atoms with E-state index in [4.69, 9.17) is 14.2 Å². The second-order valence-corrected chi connectivity index (χ2v) is 22.4. The maximum Gasteiger partial charge on any atom is 0.306 e. The normalized spacial score (nSPS) is 12.9. The van der Waals surface area contributed by atoms with Gasteiger partial charge < -0.3 is 14.2 Å². The van der Waals surface area contributed by atoms with Gasteiger partial charge in [-0.15, -0.1) is 0 Å². The van der Waals surface area contributed by atoms with Gasteiger partial charge in [-0.25, -0.2) is 0 Å². The van der Waals surface area contributed by atoms with Crippen molar-refractivity contribution in [1.82, 2.24) is 0 Å². The van der Waals surface area contributed by atoms with Crippen molar-refractivity contribution in [3.05, 3.63) is 122 Å². The van der Waals surface area contributed by atoms with Crippen molar-refractivity contribution < 1.29 is 28.6 Å². The second kappa shape index (κ2) is 68.3. The third kappa shape index (κ3) is 66.5. The lowest BCUT2D eigenvalue weighted by atomic mass is 10.0. The van der Waals surface area contributed by atoms with Crippen molar-refractivity contribution >= 4 is 17.9 Å². The van der Waals surface area contributed by atoms with Crippen molar-refractivity contribution in [1.29, 1.82) is 0 Å². The van der Waals surface area contributed by atoms with E-state index in [1.54, 1.807) is 0 Å². The first-order valence-electron chi connectivity index (χ1n) is 34.0. The third-order valence-electron chi connectivity index (χ3n) is 14.5. The van der Waals surface area contributed by atoms with Crippen LogP contribution >= 0.6 is 0 Å². The van der Waals surface area contributed by atoms with Gasteiger partial charge in [0.15, 0.2) is 6.10 Å². The van der Waals surface area contributed by atoms with Crippen molar-refractivity contribution in [2.24, 2.45) is 0 Å². The Morgan fingerprint density at radius 1 is 0.259 bits per heavy atom. The number of carbonyl (C=O) groups excluding carboxylic acids is 3. The van der Waals surface area contributed by atoms with E-state index in [0.717, 1.165) is 116 Å². The summed E-state index contributed by atoms with van der Waals surface area (Å²) in [5.74, 6) is -0.967. The SMILES string of the molecule is CC/C=C\C/C=C\C/C=C\C/C=C\C/C=C\C/C=C\C/C=C\C/C=C\C/C=C\CCCC(=O)OCC(COC(=O)CCCCCCC)OC(=O)CCCCCCCCCCCCCCCCCCC/C=C\CCCCCCCCCC. The minimum atomic E-state index is -0.801. The molecule has 0 radical (unpaired) electrons. The first-order valence-corrected chi connectivity index (χ1v) is 34.0. The molecule has 0 aliphatic heterocycles. The smallest absolute Gasteiger partial charge is 0.306 e. The standard InChI is InChI=1S/C75H126O6/c1-4-7-10-13-15-17-19-21-23-25-27-29-31-33-35-37-39-41-43-45-47-49-51-53-55-57-59-62-65-68-74(77)80-71-72(70-79-73(76)67-64-61-12-9-6-3)81-75(78)69-66-63-60-58-56-54-52-50-48-46-44-42-40-38-36-34-32-30-28-26-24-22-20-18-16-14-11-8-5-2/h7,10,15,17,21,23,26-29,33,35,39,41,45,47,51,53,57,59,72H,4-6,8-9,11-14,16,18-20,22,24-25,30-32,34,36-38,40,42-44,46,48-50,52,54-56,58,60-71H2,1-3H3/b10-7-,17-15-,23-21-,28-26-,29-27-,35-33-,41-39-,47-45-,53-51-,59-57-. The molecule has 0 aliphatic carbocycles. The summed E-state index contributed by atoms with van der Waals surface area (Å²) in [7, 11) is 0. The Balaban J connectivity index is 4.11. The van der Waals surface area contributed by atoms with E-state index in [2.05, 4.69) is 142 Å². The fourth-order valence-electron chi connectivity index (χ4n) is 9.38. The Morgan fingerprint density at radius 3 is 0.815 bits per heavy atom. The van der Waals surface area contributed by atoms with Gasteiger partial charge in [-0.05, 0) is 109 Å². The number of rotatable bonds is 61. The van der Waals surface area contributed by atoms with Gasteiger partial charge in [0.05, 0.1) is 0 Å². The highest BCUT2D eigenvalue weighted by molar-refractivity contribution is 5.71. The second-order valence-electron chi connectivity index (χ2n) is 22.4. The molecule has 462 valence electrons. The number of allylic oxidation sites excluding steroid dienone is 20. The number of esters is 3. The summed E-state index contributed by atoms with van der Waals surface area (Å²) in [6, 6.07) is 0. The summed E-state index contributed by atoms with van der Waals surface area (Å²) in [6.45, 7) is 6.41. The maximum absolute atomic E-state index is 12.8. The zero-order chi connectivity index (χ0) is 58.5. The highest BCUT2D eigenvalue weighted by Gasteiger charge is 2.19. The zero-order valence-electron chi connectivity index (χ0n) is 53.0. The fourth-order valence-corrected chi connectivity index (χ4v) is 9.38. The van der Waals surface area contributed by atoms with Gasteiger partial charge >= 0.3 is 17.9 Å². The van der Waals surface area contributed by atoms with Crippen LogP contribution in [-0.4, -0.2) is 37.2 Å². The lowest BCUT2D eigenvalue weighted by molar-refractivity contribution is -0.167. The van der Waals surface area contributed by atoms with Gasteiger partial charge in [-0.1, -0.05) is 309 Å². The molecule has 6 nitrogen and oxygen atoms in total. The molecule has 1 unspecified atom stereocenters. The lowest BCUT2D eigenvalue weighted by Gasteiger charge is -2.18. The molecule has 0 aliphatic rings. The van der Waals surface area contributed by atoms with E-state index in [9.17, 15) is 14.4 Å². The van der Waals surface area contributed by atoms with Crippen LogP contribution in [-0.2, 0) is 28.6 Å². The summed E-state index contributed by atoms with van der Waals surface area (Å²) in [6.07, 6.45) is 95.7. The van der Waals surface area contributed by atoms with Crippen molar-refractivity contribution in [2.75, 3.05) is 13.2 Å². The molecule has 0 heterocycles. The highest BCUT2D eigenvalue weighted by Crippen LogP contribution is 2.17. The van der Waals surface area contributed by atoms with E-state index in [0.29, 0.717) is 19.3 Å². The summed E-state index contributed by atoms with van der Waals surface area (Å²) in [5.41, 5.74) is 0.